The summed E-state index contributed by atoms with van der Waals surface area (Å²) < 4.78 is 14.9. The van der Waals surface area contributed by atoms with Crippen molar-refractivity contribution in [3.05, 3.63) is 57.8 Å². The van der Waals surface area contributed by atoms with Crippen molar-refractivity contribution in [1.82, 2.24) is 0 Å². The zero-order valence-electron chi connectivity index (χ0n) is 10.4. The van der Waals surface area contributed by atoms with Gasteiger partial charge in [0.25, 0.3) is 0 Å². The summed E-state index contributed by atoms with van der Waals surface area (Å²) in [5.41, 5.74) is 3.51. The molecule has 2 aromatic carbocycles. The molecule has 2 nitrogen and oxygen atoms in total. The Morgan fingerprint density at radius 3 is 2.84 bits per heavy atom. The van der Waals surface area contributed by atoms with E-state index in [2.05, 4.69) is 20.9 Å². The van der Waals surface area contributed by atoms with Gasteiger partial charge in [0.1, 0.15) is 5.82 Å². The summed E-state index contributed by atoms with van der Waals surface area (Å²) in [6.07, 6.45) is 1.76. The van der Waals surface area contributed by atoms with E-state index in [0.29, 0.717) is 17.8 Å². The number of fused-ring (bicyclic) bond motifs is 1. The van der Waals surface area contributed by atoms with E-state index in [1.165, 1.54) is 6.07 Å². The molecule has 0 spiro atoms. The van der Waals surface area contributed by atoms with Gasteiger partial charge in [-0.3, -0.25) is 0 Å². The molecule has 0 aromatic heterocycles. The van der Waals surface area contributed by atoms with Gasteiger partial charge in [-0.2, -0.15) is 0 Å². The first kappa shape index (κ1) is 12.4. The fraction of sp³-hybridized carbons (Fsp3) is 0.133. The van der Waals surface area contributed by atoms with Crippen LogP contribution in [0.3, 0.4) is 0 Å². The molecular weight excluding hydrogens is 307 g/mol. The second kappa shape index (κ2) is 4.78. The zero-order valence-corrected chi connectivity index (χ0v) is 12.0. The van der Waals surface area contributed by atoms with Crippen LogP contribution in [-0.4, -0.2) is 6.34 Å². The lowest BCUT2D eigenvalue weighted by atomic mass is 10.1. The van der Waals surface area contributed by atoms with E-state index < -0.39 is 0 Å². The van der Waals surface area contributed by atoms with Crippen LogP contribution in [0.25, 0.3) is 0 Å². The minimum atomic E-state index is -0.202. The van der Waals surface area contributed by atoms with Gasteiger partial charge in [0, 0.05) is 15.7 Å². The Morgan fingerprint density at radius 2 is 2.00 bits per heavy atom. The van der Waals surface area contributed by atoms with E-state index in [9.17, 15) is 4.39 Å². The van der Waals surface area contributed by atoms with Crippen LogP contribution in [0.2, 0.25) is 0 Å². The third-order valence-corrected chi connectivity index (χ3v) is 4.17. The molecule has 0 saturated carbocycles. The molecule has 1 aliphatic rings. The van der Waals surface area contributed by atoms with Crippen molar-refractivity contribution >= 4 is 33.6 Å². The van der Waals surface area contributed by atoms with E-state index in [1.807, 2.05) is 36.1 Å². The summed E-state index contributed by atoms with van der Waals surface area (Å²) in [4.78, 5) is 6.29. The number of benzene rings is 2. The number of hydrogen-bond donors (Lipinski definition) is 0. The van der Waals surface area contributed by atoms with Gasteiger partial charge in [0.05, 0.1) is 18.6 Å². The third-order valence-electron chi connectivity index (χ3n) is 3.31. The number of halogens is 2. The van der Waals surface area contributed by atoms with Crippen molar-refractivity contribution in [2.45, 2.75) is 13.5 Å². The van der Waals surface area contributed by atoms with Gasteiger partial charge < -0.3 is 4.90 Å². The SMILES string of the molecule is Cc1c(Br)cccc1N1C=Nc2cccc(F)c2C1. The smallest absolute Gasteiger partial charge is 0.130 e. The number of anilines is 1. The second-order valence-corrected chi connectivity index (χ2v) is 5.35. The first-order valence-corrected chi connectivity index (χ1v) is 6.79. The summed E-state index contributed by atoms with van der Waals surface area (Å²) in [5, 5.41) is 0. The number of nitrogens with zero attached hydrogens (tertiary/aromatic N) is 2. The Morgan fingerprint density at radius 1 is 1.21 bits per heavy atom. The molecule has 19 heavy (non-hydrogen) atoms. The van der Waals surface area contributed by atoms with Gasteiger partial charge >= 0.3 is 0 Å². The Bertz CT molecular complexity index is 667. The Labute approximate surface area is 119 Å². The average Bonchev–Trinajstić information content (AvgIpc) is 2.42. The predicted molar refractivity (Wildman–Crippen MR) is 79.6 cm³/mol. The molecule has 1 aliphatic heterocycles. The maximum absolute atomic E-state index is 13.8. The summed E-state index contributed by atoms with van der Waals surface area (Å²) in [6.45, 7) is 2.53. The van der Waals surface area contributed by atoms with Crippen molar-refractivity contribution in [2.24, 2.45) is 4.99 Å². The maximum Gasteiger partial charge on any atom is 0.130 e. The van der Waals surface area contributed by atoms with E-state index in [4.69, 9.17) is 0 Å². The molecule has 1 heterocycles. The van der Waals surface area contributed by atoms with Crippen LogP contribution >= 0.6 is 15.9 Å². The molecule has 4 heteroatoms. The lowest BCUT2D eigenvalue weighted by Crippen LogP contribution is -2.24. The van der Waals surface area contributed by atoms with Gasteiger partial charge in [-0.15, -0.1) is 0 Å². The first-order valence-electron chi connectivity index (χ1n) is 6.00. The van der Waals surface area contributed by atoms with E-state index in [0.717, 1.165) is 15.7 Å². The standard InChI is InChI=1S/C15H12BrFN2/c1-10-12(16)4-2-7-15(10)19-8-11-13(17)5-3-6-14(11)18-9-19/h2-7,9H,8H2,1H3. The van der Waals surface area contributed by atoms with Crippen LogP contribution < -0.4 is 4.90 Å². The van der Waals surface area contributed by atoms with Crippen molar-refractivity contribution < 1.29 is 4.39 Å². The minimum Gasteiger partial charge on any atom is -0.327 e. The molecule has 2 aromatic rings. The largest absolute Gasteiger partial charge is 0.327 e. The van der Waals surface area contributed by atoms with Gasteiger partial charge in [-0.05, 0) is 36.8 Å². The summed E-state index contributed by atoms with van der Waals surface area (Å²) in [7, 11) is 0. The van der Waals surface area contributed by atoms with Crippen LogP contribution in [0, 0.1) is 12.7 Å². The molecule has 0 bridgehead atoms. The van der Waals surface area contributed by atoms with Crippen LogP contribution in [-0.2, 0) is 6.54 Å². The Hall–Kier alpha value is -1.68. The van der Waals surface area contributed by atoms with Crippen molar-refractivity contribution in [1.29, 1.82) is 0 Å². The predicted octanol–water partition coefficient (Wildman–Crippen LogP) is 4.58. The molecule has 0 unspecified atom stereocenters. The molecule has 96 valence electrons. The lowest BCUT2D eigenvalue weighted by molar-refractivity contribution is 0.610. The monoisotopic (exact) mass is 318 g/mol. The van der Waals surface area contributed by atoms with Crippen LogP contribution in [0.15, 0.2) is 45.9 Å². The second-order valence-electron chi connectivity index (χ2n) is 4.49. The third kappa shape index (κ3) is 2.16. The van der Waals surface area contributed by atoms with Gasteiger partial charge in [0.15, 0.2) is 0 Å². The average molecular weight is 319 g/mol. The van der Waals surface area contributed by atoms with Crippen LogP contribution in [0.4, 0.5) is 15.8 Å². The molecular formula is C15H12BrFN2. The van der Waals surface area contributed by atoms with Crippen molar-refractivity contribution in [3.8, 4) is 0 Å². The quantitative estimate of drug-likeness (QED) is 0.751. The Balaban J connectivity index is 2.03. The van der Waals surface area contributed by atoms with Crippen molar-refractivity contribution in [3.63, 3.8) is 0 Å². The van der Waals surface area contributed by atoms with Gasteiger partial charge in [-0.25, -0.2) is 9.38 Å². The molecule has 0 aliphatic carbocycles. The van der Waals surface area contributed by atoms with E-state index >= 15 is 0 Å². The molecule has 0 saturated heterocycles. The highest BCUT2D eigenvalue weighted by Gasteiger charge is 2.18. The highest BCUT2D eigenvalue weighted by Crippen LogP contribution is 2.32. The summed E-state index contributed by atoms with van der Waals surface area (Å²) >= 11 is 3.51. The molecule has 3 rings (SSSR count). The highest BCUT2D eigenvalue weighted by molar-refractivity contribution is 9.10. The van der Waals surface area contributed by atoms with Crippen LogP contribution in [0.1, 0.15) is 11.1 Å². The highest BCUT2D eigenvalue weighted by atomic mass is 79.9. The zero-order chi connectivity index (χ0) is 13.4. The molecule has 0 fully saturated rings. The fourth-order valence-corrected chi connectivity index (χ4v) is 2.58. The molecule has 0 amide bonds. The number of hydrogen-bond acceptors (Lipinski definition) is 2. The summed E-state index contributed by atoms with van der Waals surface area (Å²) in [5.74, 6) is -0.202. The first-order chi connectivity index (χ1) is 9.16. The lowest BCUT2D eigenvalue weighted by Gasteiger charge is -2.26. The Kier molecular flexibility index (Phi) is 3.11. The minimum absolute atomic E-state index is 0.202. The van der Waals surface area contributed by atoms with Crippen molar-refractivity contribution in [2.75, 3.05) is 4.90 Å². The normalized spacial score (nSPS) is 13.5. The summed E-state index contributed by atoms with van der Waals surface area (Å²) in [6, 6.07) is 11.0. The van der Waals surface area contributed by atoms with Crippen LogP contribution in [0.5, 0.6) is 0 Å². The molecule has 0 atom stereocenters. The van der Waals surface area contributed by atoms with Gasteiger partial charge in [0.2, 0.25) is 0 Å². The maximum atomic E-state index is 13.8. The van der Waals surface area contributed by atoms with Gasteiger partial charge in [-0.1, -0.05) is 28.1 Å². The van der Waals surface area contributed by atoms with E-state index in [-0.39, 0.29) is 5.82 Å². The van der Waals surface area contributed by atoms with E-state index in [1.54, 1.807) is 12.4 Å². The molecule has 0 radical (unpaired) electrons. The fourth-order valence-electron chi connectivity index (χ4n) is 2.22. The molecule has 0 N–H and O–H groups in total. The topological polar surface area (TPSA) is 15.6 Å². The number of rotatable bonds is 1. The number of aliphatic imine (C=N–C) groups is 1.